The topological polar surface area (TPSA) is 56.9 Å². The highest BCUT2D eigenvalue weighted by molar-refractivity contribution is 5.73. The van der Waals surface area contributed by atoms with Crippen LogP contribution in [0.4, 0.5) is 13.2 Å². The van der Waals surface area contributed by atoms with Gasteiger partial charge < -0.3 is 0 Å². The molecule has 0 unspecified atom stereocenters. The number of halogens is 3. The van der Waals surface area contributed by atoms with Crippen molar-refractivity contribution in [2.24, 2.45) is 0 Å². The Morgan fingerprint density at radius 2 is 1.52 bits per heavy atom. The lowest BCUT2D eigenvalue weighted by Crippen LogP contribution is -2.41. The molecule has 0 amide bonds. The first-order valence-electron chi connectivity index (χ1n) is 9.63. The summed E-state index contributed by atoms with van der Waals surface area (Å²) in [6.07, 6.45) is -2.48. The highest BCUT2D eigenvalue weighted by Gasteiger charge is 2.30. The molecule has 0 spiro atoms. The van der Waals surface area contributed by atoms with Crippen LogP contribution in [-0.2, 0) is 25.7 Å². The van der Waals surface area contributed by atoms with Gasteiger partial charge in [-0.3, -0.25) is 13.9 Å². The van der Waals surface area contributed by atoms with Crippen molar-refractivity contribution in [3.63, 3.8) is 0 Å². The summed E-state index contributed by atoms with van der Waals surface area (Å²) in [6, 6.07) is 17.3. The average Bonchev–Trinajstić information content (AvgIpc) is 2.77. The van der Waals surface area contributed by atoms with Crippen molar-refractivity contribution in [1.29, 1.82) is 0 Å². The van der Waals surface area contributed by atoms with Crippen LogP contribution in [-0.4, -0.2) is 14.1 Å². The molecule has 0 saturated carbocycles. The number of aryl methyl sites for hydroxylation is 1. The third-order valence-electron chi connectivity index (χ3n) is 5.08. The monoisotopic (exact) mass is 425 g/mol. The quantitative estimate of drug-likeness (QED) is 0.488. The van der Waals surface area contributed by atoms with Crippen molar-refractivity contribution < 1.29 is 13.2 Å². The molecule has 0 bridgehead atoms. The van der Waals surface area contributed by atoms with Crippen LogP contribution in [0.25, 0.3) is 11.0 Å². The zero-order valence-electron chi connectivity index (χ0n) is 16.3. The van der Waals surface area contributed by atoms with Crippen LogP contribution >= 0.6 is 0 Å². The summed E-state index contributed by atoms with van der Waals surface area (Å²) < 4.78 is 41.0. The predicted molar refractivity (Wildman–Crippen MR) is 111 cm³/mol. The van der Waals surface area contributed by atoms with Gasteiger partial charge in [-0.25, -0.2) is 9.78 Å². The van der Waals surface area contributed by atoms with Crippen LogP contribution in [0, 0.1) is 0 Å². The number of fused-ring (bicyclic) bond motifs is 1. The van der Waals surface area contributed by atoms with Gasteiger partial charge in [-0.1, -0.05) is 42.5 Å². The maximum Gasteiger partial charge on any atom is 0.416 e. The van der Waals surface area contributed by atoms with Gasteiger partial charge in [-0.15, -0.1) is 0 Å². The van der Waals surface area contributed by atoms with Crippen molar-refractivity contribution in [2.75, 3.05) is 0 Å². The van der Waals surface area contributed by atoms with Crippen LogP contribution in [0.1, 0.15) is 16.7 Å². The van der Waals surface area contributed by atoms with E-state index < -0.39 is 23.0 Å². The largest absolute Gasteiger partial charge is 0.416 e. The fraction of sp³-hybridized carbons (Fsp3) is 0.174. The Hall–Kier alpha value is -3.68. The molecule has 2 heterocycles. The molecule has 0 N–H and O–H groups in total. The number of alkyl halides is 3. The lowest BCUT2D eigenvalue weighted by molar-refractivity contribution is -0.137. The zero-order valence-corrected chi connectivity index (χ0v) is 16.3. The van der Waals surface area contributed by atoms with Crippen LogP contribution in [0.2, 0.25) is 0 Å². The molecule has 2 aromatic carbocycles. The van der Waals surface area contributed by atoms with E-state index >= 15 is 0 Å². The number of benzene rings is 2. The van der Waals surface area contributed by atoms with E-state index in [-0.39, 0.29) is 18.6 Å². The molecule has 5 nitrogen and oxygen atoms in total. The third-order valence-corrected chi connectivity index (χ3v) is 5.08. The summed E-state index contributed by atoms with van der Waals surface area (Å²) in [5.41, 5.74) is 0.192. The van der Waals surface area contributed by atoms with E-state index in [1.54, 1.807) is 12.1 Å². The van der Waals surface area contributed by atoms with E-state index in [1.807, 2.05) is 30.3 Å². The number of pyridine rings is 1. The van der Waals surface area contributed by atoms with E-state index in [1.165, 1.54) is 22.9 Å². The molecule has 0 saturated heterocycles. The Balaban J connectivity index is 1.75. The van der Waals surface area contributed by atoms with Gasteiger partial charge in [0.05, 0.1) is 17.6 Å². The minimum absolute atomic E-state index is 0.0186. The fourth-order valence-electron chi connectivity index (χ4n) is 3.46. The van der Waals surface area contributed by atoms with Gasteiger partial charge in [0.15, 0.2) is 5.52 Å². The molecule has 8 heteroatoms. The van der Waals surface area contributed by atoms with E-state index in [0.29, 0.717) is 17.5 Å². The molecule has 0 radical (unpaired) electrons. The zero-order chi connectivity index (χ0) is 22.0. The van der Waals surface area contributed by atoms with E-state index in [2.05, 4.69) is 4.98 Å². The van der Waals surface area contributed by atoms with Crippen LogP contribution in [0.3, 0.4) is 0 Å². The van der Waals surface area contributed by atoms with Gasteiger partial charge in [0.1, 0.15) is 0 Å². The Morgan fingerprint density at radius 3 is 2.19 bits per heavy atom. The average molecular weight is 425 g/mol. The number of hydrogen-bond donors (Lipinski definition) is 0. The molecule has 31 heavy (non-hydrogen) atoms. The molecule has 0 aliphatic rings. The van der Waals surface area contributed by atoms with Gasteiger partial charge in [0, 0.05) is 12.7 Å². The van der Waals surface area contributed by atoms with E-state index in [4.69, 9.17) is 0 Å². The Morgan fingerprint density at radius 1 is 0.806 bits per heavy atom. The lowest BCUT2D eigenvalue weighted by Gasteiger charge is -2.14. The molecule has 0 atom stereocenters. The minimum atomic E-state index is -4.43. The van der Waals surface area contributed by atoms with Crippen molar-refractivity contribution in [3.05, 3.63) is 110 Å². The second-order valence-electron chi connectivity index (χ2n) is 7.13. The lowest BCUT2D eigenvalue weighted by atomic mass is 10.1. The van der Waals surface area contributed by atoms with Crippen LogP contribution in [0.5, 0.6) is 0 Å². The normalized spacial score (nSPS) is 11.7. The Kier molecular flexibility index (Phi) is 5.46. The SMILES string of the molecule is O=c1c2ncccc2n(Cc2ccc(C(F)(F)F)cc2)c(=O)n1CCc1ccccc1. The fourth-order valence-corrected chi connectivity index (χ4v) is 3.46. The van der Waals surface area contributed by atoms with Gasteiger partial charge in [0.25, 0.3) is 5.56 Å². The van der Waals surface area contributed by atoms with Crippen LogP contribution in [0.15, 0.2) is 82.5 Å². The van der Waals surface area contributed by atoms with Crippen molar-refractivity contribution in [3.8, 4) is 0 Å². The number of hydrogen-bond acceptors (Lipinski definition) is 3. The molecule has 0 aliphatic heterocycles. The van der Waals surface area contributed by atoms with Gasteiger partial charge in [-0.2, -0.15) is 13.2 Å². The molecular formula is C23H18F3N3O2. The number of nitrogens with zero attached hydrogens (tertiary/aromatic N) is 3. The van der Waals surface area contributed by atoms with Crippen LogP contribution < -0.4 is 11.2 Å². The highest BCUT2D eigenvalue weighted by atomic mass is 19.4. The Labute approximate surface area is 175 Å². The second kappa shape index (κ2) is 8.22. The van der Waals surface area contributed by atoms with Crippen molar-refractivity contribution in [2.45, 2.75) is 25.7 Å². The molecule has 4 rings (SSSR count). The molecular weight excluding hydrogens is 407 g/mol. The predicted octanol–water partition coefficient (Wildman–Crippen LogP) is 3.87. The maximum atomic E-state index is 13.2. The van der Waals surface area contributed by atoms with E-state index in [0.717, 1.165) is 22.3 Å². The molecule has 2 aromatic heterocycles. The molecule has 0 fully saturated rings. The summed E-state index contributed by atoms with van der Waals surface area (Å²) in [6.45, 7) is 0.186. The minimum Gasteiger partial charge on any atom is -0.287 e. The van der Waals surface area contributed by atoms with E-state index in [9.17, 15) is 22.8 Å². The smallest absolute Gasteiger partial charge is 0.287 e. The Bertz CT molecular complexity index is 1330. The maximum absolute atomic E-state index is 13.2. The number of aromatic nitrogens is 3. The molecule has 4 aromatic rings. The van der Waals surface area contributed by atoms with Gasteiger partial charge >= 0.3 is 11.9 Å². The third kappa shape index (κ3) is 4.28. The standard InChI is InChI=1S/C23H18F3N3O2/c24-23(25,26)18-10-8-17(9-11-18)15-29-19-7-4-13-27-20(19)21(30)28(22(29)31)14-12-16-5-2-1-3-6-16/h1-11,13H,12,14-15H2. The summed E-state index contributed by atoms with van der Waals surface area (Å²) >= 11 is 0. The first-order chi connectivity index (χ1) is 14.8. The van der Waals surface area contributed by atoms with Gasteiger partial charge in [-0.05, 0) is 41.8 Å². The molecule has 0 aliphatic carbocycles. The van der Waals surface area contributed by atoms with Crippen molar-refractivity contribution >= 4 is 11.0 Å². The summed E-state index contributed by atoms with van der Waals surface area (Å²) in [5, 5.41) is 0. The highest BCUT2D eigenvalue weighted by Crippen LogP contribution is 2.29. The number of rotatable bonds is 5. The van der Waals surface area contributed by atoms with Crippen molar-refractivity contribution in [1.82, 2.24) is 14.1 Å². The summed E-state index contributed by atoms with van der Waals surface area (Å²) in [7, 11) is 0. The summed E-state index contributed by atoms with van der Waals surface area (Å²) in [5.74, 6) is 0. The first kappa shape index (κ1) is 20.6. The summed E-state index contributed by atoms with van der Waals surface area (Å²) in [4.78, 5) is 30.2. The second-order valence-corrected chi connectivity index (χ2v) is 7.13. The van der Waals surface area contributed by atoms with Gasteiger partial charge in [0.2, 0.25) is 0 Å². The molecule has 158 valence electrons. The first-order valence-corrected chi connectivity index (χ1v) is 9.63.